The van der Waals surface area contributed by atoms with Gasteiger partial charge in [0.1, 0.15) is 0 Å². The molecule has 3 aromatic rings. The molecule has 0 aliphatic carbocycles. The zero-order valence-corrected chi connectivity index (χ0v) is 11.0. The fraction of sp³-hybridized carbons (Fsp3) is 0.118. The fourth-order valence-corrected chi connectivity index (χ4v) is 2.18. The van der Waals surface area contributed by atoms with E-state index in [0.717, 1.165) is 17.5 Å². The minimum Gasteiger partial charge on any atom is -0.294 e. The molecule has 1 aromatic heterocycles. The molecule has 0 aliphatic heterocycles. The van der Waals surface area contributed by atoms with Gasteiger partial charge in [0.05, 0.1) is 11.0 Å². The molecule has 0 atom stereocenters. The van der Waals surface area contributed by atoms with Crippen LogP contribution in [0.15, 0.2) is 60.9 Å². The SMILES string of the molecule is O=C(CCc1ccccc1)c1ccc2nccnc2c1. The summed E-state index contributed by atoms with van der Waals surface area (Å²) in [5.74, 6) is 0.140. The number of ketones is 1. The summed E-state index contributed by atoms with van der Waals surface area (Å²) in [7, 11) is 0. The normalized spacial score (nSPS) is 10.6. The summed E-state index contributed by atoms with van der Waals surface area (Å²) in [5, 5.41) is 0. The third kappa shape index (κ3) is 2.72. The molecule has 20 heavy (non-hydrogen) atoms. The maximum Gasteiger partial charge on any atom is 0.163 e. The van der Waals surface area contributed by atoms with Crippen LogP contribution >= 0.6 is 0 Å². The topological polar surface area (TPSA) is 42.9 Å². The Labute approximate surface area is 117 Å². The van der Waals surface area contributed by atoms with Crippen molar-refractivity contribution in [3.8, 4) is 0 Å². The number of carbonyl (C=O) groups is 1. The van der Waals surface area contributed by atoms with E-state index in [4.69, 9.17) is 0 Å². The van der Waals surface area contributed by atoms with Gasteiger partial charge < -0.3 is 0 Å². The Morgan fingerprint density at radius 1 is 0.900 bits per heavy atom. The van der Waals surface area contributed by atoms with Gasteiger partial charge in [-0.2, -0.15) is 0 Å². The monoisotopic (exact) mass is 262 g/mol. The number of carbonyl (C=O) groups excluding carboxylic acids is 1. The van der Waals surface area contributed by atoms with E-state index in [1.807, 2.05) is 48.5 Å². The molecular weight excluding hydrogens is 248 g/mol. The van der Waals surface area contributed by atoms with Gasteiger partial charge in [0, 0.05) is 24.4 Å². The van der Waals surface area contributed by atoms with Gasteiger partial charge in [-0.15, -0.1) is 0 Å². The smallest absolute Gasteiger partial charge is 0.163 e. The summed E-state index contributed by atoms with van der Waals surface area (Å²) in [6.07, 6.45) is 4.56. The Balaban J connectivity index is 1.75. The molecule has 0 spiro atoms. The van der Waals surface area contributed by atoms with Gasteiger partial charge in [-0.05, 0) is 30.2 Å². The average Bonchev–Trinajstić information content (AvgIpc) is 2.53. The lowest BCUT2D eigenvalue weighted by molar-refractivity contribution is 0.0983. The van der Waals surface area contributed by atoms with Crippen molar-refractivity contribution >= 4 is 16.8 Å². The van der Waals surface area contributed by atoms with E-state index in [0.29, 0.717) is 12.0 Å². The van der Waals surface area contributed by atoms with Crippen molar-refractivity contribution in [1.29, 1.82) is 0 Å². The lowest BCUT2D eigenvalue weighted by Gasteiger charge is -2.03. The number of Topliss-reactive ketones (excluding diaryl/α,β-unsaturated/α-hetero) is 1. The van der Waals surface area contributed by atoms with Crippen LogP contribution in [0.4, 0.5) is 0 Å². The number of nitrogens with zero attached hydrogens (tertiary/aromatic N) is 2. The largest absolute Gasteiger partial charge is 0.294 e. The van der Waals surface area contributed by atoms with E-state index >= 15 is 0 Å². The molecule has 0 saturated heterocycles. The zero-order valence-electron chi connectivity index (χ0n) is 11.0. The molecule has 2 aromatic carbocycles. The molecule has 0 fully saturated rings. The van der Waals surface area contributed by atoms with Crippen LogP contribution in [0.3, 0.4) is 0 Å². The Morgan fingerprint density at radius 2 is 1.65 bits per heavy atom. The predicted molar refractivity (Wildman–Crippen MR) is 78.6 cm³/mol. The predicted octanol–water partition coefficient (Wildman–Crippen LogP) is 3.45. The number of hydrogen-bond acceptors (Lipinski definition) is 3. The highest BCUT2D eigenvalue weighted by molar-refractivity contribution is 5.98. The second-order valence-electron chi connectivity index (χ2n) is 4.67. The summed E-state index contributed by atoms with van der Waals surface area (Å²) in [6.45, 7) is 0. The highest BCUT2D eigenvalue weighted by atomic mass is 16.1. The molecule has 3 heteroatoms. The summed E-state index contributed by atoms with van der Waals surface area (Å²) >= 11 is 0. The molecule has 0 bridgehead atoms. The van der Waals surface area contributed by atoms with Gasteiger partial charge >= 0.3 is 0 Å². The quantitative estimate of drug-likeness (QED) is 0.676. The second-order valence-corrected chi connectivity index (χ2v) is 4.67. The van der Waals surface area contributed by atoms with E-state index in [2.05, 4.69) is 9.97 Å². The maximum atomic E-state index is 12.2. The summed E-state index contributed by atoms with van der Waals surface area (Å²) in [6, 6.07) is 15.5. The van der Waals surface area contributed by atoms with Crippen LogP contribution in [0.1, 0.15) is 22.3 Å². The maximum absolute atomic E-state index is 12.2. The summed E-state index contributed by atoms with van der Waals surface area (Å²) < 4.78 is 0. The van der Waals surface area contributed by atoms with Gasteiger partial charge in [0.25, 0.3) is 0 Å². The van der Waals surface area contributed by atoms with Crippen LogP contribution in [0, 0.1) is 0 Å². The molecule has 3 nitrogen and oxygen atoms in total. The van der Waals surface area contributed by atoms with Crippen LogP contribution in [0.5, 0.6) is 0 Å². The van der Waals surface area contributed by atoms with Crippen LogP contribution in [0.2, 0.25) is 0 Å². The molecule has 0 N–H and O–H groups in total. The number of fused-ring (bicyclic) bond motifs is 1. The van der Waals surface area contributed by atoms with Crippen molar-refractivity contribution in [2.24, 2.45) is 0 Å². The molecule has 0 aliphatic rings. The van der Waals surface area contributed by atoms with Crippen LogP contribution in [-0.2, 0) is 6.42 Å². The van der Waals surface area contributed by atoms with Crippen LogP contribution in [0.25, 0.3) is 11.0 Å². The average molecular weight is 262 g/mol. The second kappa shape index (κ2) is 5.61. The first kappa shape index (κ1) is 12.5. The summed E-state index contributed by atoms with van der Waals surface area (Å²) in [5.41, 5.74) is 3.46. The molecule has 0 unspecified atom stereocenters. The van der Waals surface area contributed by atoms with E-state index in [-0.39, 0.29) is 5.78 Å². The van der Waals surface area contributed by atoms with Crippen molar-refractivity contribution in [3.05, 3.63) is 72.1 Å². The highest BCUT2D eigenvalue weighted by Gasteiger charge is 2.07. The number of benzene rings is 2. The standard InChI is InChI=1S/C17H14N2O/c20-17(9-6-13-4-2-1-3-5-13)14-7-8-15-16(12-14)19-11-10-18-15/h1-5,7-8,10-12H,6,9H2. The van der Waals surface area contributed by atoms with Gasteiger partial charge in [-0.3, -0.25) is 14.8 Å². The third-order valence-corrected chi connectivity index (χ3v) is 3.27. The third-order valence-electron chi connectivity index (χ3n) is 3.27. The highest BCUT2D eigenvalue weighted by Crippen LogP contribution is 2.14. The van der Waals surface area contributed by atoms with Gasteiger partial charge in [0.2, 0.25) is 0 Å². The Hall–Kier alpha value is -2.55. The molecule has 0 amide bonds. The lowest BCUT2D eigenvalue weighted by atomic mass is 10.0. The number of aromatic nitrogens is 2. The molecule has 98 valence electrons. The Morgan fingerprint density at radius 3 is 2.45 bits per heavy atom. The molecule has 0 radical (unpaired) electrons. The summed E-state index contributed by atoms with van der Waals surface area (Å²) in [4.78, 5) is 20.6. The number of rotatable bonds is 4. The van der Waals surface area contributed by atoms with E-state index < -0.39 is 0 Å². The Bertz CT molecular complexity index is 738. The Kier molecular flexibility index (Phi) is 3.50. The first-order valence-corrected chi connectivity index (χ1v) is 6.61. The van der Waals surface area contributed by atoms with Crippen LogP contribution < -0.4 is 0 Å². The van der Waals surface area contributed by atoms with Gasteiger partial charge in [0.15, 0.2) is 5.78 Å². The van der Waals surface area contributed by atoms with Crippen molar-refractivity contribution in [1.82, 2.24) is 9.97 Å². The van der Waals surface area contributed by atoms with Crippen molar-refractivity contribution < 1.29 is 4.79 Å². The van der Waals surface area contributed by atoms with Crippen molar-refractivity contribution in [3.63, 3.8) is 0 Å². The van der Waals surface area contributed by atoms with E-state index in [1.165, 1.54) is 5.56 Å². The lowest BCUT2D eigenvalue weighted by Crippen LogP contribution is -2.01. The fourth-order valence-electron chi connectivity index (χ4n) is 2.18. The minimum atomic E-state index is 0.140. The first-order chi connectivity index (χ1) is 9.83. The number of aryl methyl sites for hydroxylation is 1. The zero-order chi connectivity index (χ0) is 13.8. The molecule has 1 heterocycles. The first-order valence-electron chi connectivity index (χ1n) is 6.61. The van der Waals surface area contributed by atoms with Gasteiger partial charge in [-0.1, -0.05) is 30.3 Å². The minimum absolute atomic E-state index is 0.140. The van der Waals surface area contributed by atoms with E-state index in [1.54, 1.807) is 12.4 Å². The number of hydrogen-bond donors (Lipinski definition) is 0. The molecular formula is C17H14N2O. The van der Waals surface area contributed by atoms with Gasteiger partial charge in [-0.25, -0.2) is 0 Å². The van der Waals surface area contributed by atoms with Crippen molar-refractivity contribution in [2.75, 3.05) is 0 Å². The van der Waals surface area contributed by atoms with Crippen LogP contribution in [-0.4, -0.2) is 15.8 Å². The van der Waals surface area contributed by atoms with Crippen molar-refractivity contribution in [2.45, 2.75) is 12.8 Å². The molecule has 3 rings (SSSR count). The van der Waals surface area contributed by atoms with E-state index in [9.17, 15) is 4.79 Å². The molecule has 0 saturated carbocycles.